The zero-order chi connectivity index (χ0) is 13.6. The number of rotatable bonds is 2. The summed E-state index contributed by atoms with van der Waals surface area (Å²) in [5.74, 6) is 0.815. The normalized spacial score (nSPS) is 28.7. The monoisotopic (exact) mass is 345 g/mol. The maximum absolute atomic E-state index is 13.1. The van der Waals surface area contributed by atoms with Crippen LogP contribution < -0.4 is 5.32 Å². The molecule has 2 fully saturated rings. The molecule has 5 heteroatoms. The van der Waals surface area contributed by atoms with Gasteiger partial charge in [-0.05, 0) is 52.7 Å². The fourth-order valence-corrected chi connectivity index (χ4v) is 4.15. The summed E-state index contributed by atoms with van der Waals surface area (Å²) in [6, 6.07) is 2.52. The van der Waals surface area contributed by atoms with Gasteiger partial charge in [0, 0.05) is 10.4 Å². The van der Waals surface area contributed by atoms with Crippen molar-refractivity contribution in [3.8, 4) is 0 Å². The third-order valence-corrected chi connectivity index (χ3v) is 5.14. The first-order valence-electron chi connectivity index (χ1n) is 6.53. The Bertz CT molecular complexity index is 501. The van der Waals surface area contributed by atoms with Crippen LogP contribution in [-0.4, -0.2) is 5.91 Å². The Morgan fingerprint density at radius 2 is 1.95 bits per heavy atom. The van der Waals surface area contributed by atoms with Crippen LogP contribution in [0.3, 0.4) is 0 Å². The quantitative estimate of drug-likeness (QED) is 0.832. The molecule has 0 radical (unpaired) electrons. The number of anilines is 1. The van der Waals surface area contributed by atoms with Crippen molar-refractivity contribution >= 4 is 39.1 Å². The molecule has 2 atom stereocenters. The number of fused-ring (bicyclic) bond motifs is 1. The molecule has 0 bridgehead atoms. The molecule has 0 heterocycles. The molecule has 2 saturated carbocycles. The van der Waals surface area contributed by atoms with Crippen molar-refractivity contribution in [3.63, 3.8) is 0 Å². The van der Waals surface area contributed by atoms with Gasteiger partial charge in [0.2, 0.25) is 5.91 Å². The van der Waals surface area contributed by atoms with Crippen LogP contribution in [0.5, 0.6) is 0 Å². The number of halogens is 3. The first kappa shape index (κ1) is 13.4. The predicted molar refractivity (Wildman–Crippen MR) is 76.7 cm³/mol. The van der Waals surface area contributed by atoms with Crippen molar-refractivity contribution in [1.29, 1.82) is 0 Å². The van der Waals surface area contributed by atoms with Crippen LogP contribution in [0.2, 0.25) is 5.02 Å². The highest BCUT2D eigenvalue weighted by Gasteiger charge is 2.54. The van der Waals surface area contributed by atoms with Gasteiger partial charge in [-0.25, -0.2) is 4.39 Å². The topological polar surface area (TPSA) is 29.1 Å². The summed E-state index contributed by atoms with van der Waals surface area (Å²) in [5.41, 5.74) is 0.469. The molecule has 2 nitrogen and oxygen atoms in total. The predicted octanol–water partition coefficient (Wildman–Crippen LogP) is 4.62. The molecular formula is C14H14BrClFNO. The lowest BCUT2D eigenvalue weighted by Gasteiger charge is -2.09. The van der Waals surface area contributed by atoms with E-state index in [9.17, 15) is 9.18 Å². The van der Waals surface area contributed by atoms with Gasteiger partial charge < -0.3 is 5.32 Å². The average molecular weight is 347 g/mol. The fourth-order valence-electron chi connectivity index (χ4n) is 3.25. The highest BCUT2D eigenvalue weighted by Crippen LogP contribution is 2.55. The van der Waals surface area contributed by atoms with E-state index in [4.69, 9.17) is 11.6 Å². The summed E-state index contributed by atoms with van der Waals surface area (Å²) in [7, 11) is 0. The number of nitrogens with one attached hydrogen (secondary N) is 1. The van der Waals surface area contributed by atoms with Gasteiger partial charge in [-0.2, -0.15) is 0 Å². The first-order chi connectivity index (χ1) is 9.08. The zero-order valence-electron chi connectivity index (χ0n) is 10.3. The lowest BCUT2D eigenvalue weighted by Crippen LogP contribution is -2.16. The van der Waals surface area contributed by atoms with Crippen LogP contribution in [-0.2, 0) is 4.79 Å². The Morgan fingerprint density at radius 1 is 1.32 bits per heavy atom. The van der Waals surface area contributed by atoms with E-state index >= 15 is 0 Å². The van der Waals surface area contributed by atoms with E-state index in [-0.39, 0.29) is 16.8 Å². The van der Waals surface area contributed by atoms with E-state index in [1.165, 1.54) is 25.0 Å². The molecule has 102 valence electrons. The summed E-state index contributed by atoms with van der Waals surface area (Å²) in [6.45, 7) is 0. The molecule has 0 spiro atoms. The molecule has 2 aliphatic carbocycles. The minimum absolute atomic E-state index is 0.0195. The van der Waals surface area contributed by atoms with E-state index in [1.54, 1.807) is 0 Å². The third-order valence-electron chi connectivity index (χ3n) is 4.21. The van der Waals surface area contributed by atoms with Crippen molar-refractivity contribution in [2.75, 3.05) is 5.32 Å². The molecule has 2 aliphatic rings. The van der Waals surface area contributed by atoms with Crippen molar-refractivity contribution in [1.82, 2.24) is 0 Å². The second-order valence-electron chi connectivity index (χ2n) is 5.37. The van der Waals surface area contributed by atoms with Gasteiger partial charge in [0.25, 0.3) is 0 Å². The third kappa shape index (κ3) is 2.52. The Balaban J connectivity index is 1.74. The minimum atomic E-state index is -0.421. The Kier molecular flexibility index (Phi) is 3.56. The zero-order valence-corrected chi connectivity index (χ0v) is 12.6. The van der Waals surface area contributed by atoms with Crippen molar-refractivity contribution in [3.05, 3.63) is 27.4 Å². The summed E-state index contributed by atoms with van der Waals surface area (Å²) in [4.78, 5) is 12.2. The highest BCUT2D eigenvalue weighted by atomic mass is 79.9. The molecule has 1 aromatic rings. The number of benzene rings is 1. The van der Waals surface area contributed by atoms with E-state index in [0.717, 1.165) is 12.8 Å². The molecule has 2 unspecified atom stereocenters. The van der Waals surface area contributed by atoms with Gasteiger partial charge in [-0.15, -0.1) is 0 Å². The largest absolute Gasteiger partial charge is 0.324 e. The lowest BCUT2D eigenvalue weighted by atomic mass is 10.0. The minimum Gasteiger partial charge on any atom is -0.324 e. The Hall–Kier alpha value is -0.610. The van der Waals surface area contributed by atoms with Crippen molar-refractivity contribution in [2.24, 2.45) is 17.8 Å². The Labute approximate surface area is 124 Å². The SMILES string of the molecule is O=C(Nc1c(Cl)cc(F)cc1Br)C1C2CCCCC21. The summed E-state index contributed by atoms with van der Waals surface area (Å²) in [6.07, 6.45) is 4.76. The van der Waals surface area contributed by atoms with Crippen LogP contribution in [0.25, 0.3) is 0 Å². The van der Waals surface area contributed by atoms with Crippen LogP contribution in [0.4, 0.5) is 10.1 Å². The second-order valence-corrected chi connectivity index (χ2v) is 6.63. The van der Waals surface area contributed by atoms with Crippen molar-refractivity contribution in [2.45, 2.75) is 25.7 Å². The number of hydrogen-bond donors (Lipinski definition) is 1. The molecule has 0 aromatic heterocycles. The van der Waals surface area contributed by atoms with Gasteiger partial charge >= 0.3 is 0 Å². The van der Waals surface area contributed by atoms with E-state index in [0.29, 0.717) is 22.0 Å². The maximum Gasteiger partial charge on any atom is 0.228 e. The molecule has 0 aliphatic heterocycles. The van der Waals surface area contributed by atoms with Gasteiger partial charge in [0.15, 0.2) is 0 Å². The maximum atomic E-state index is 13.1. The molecule has 3 rings (SSSR count). The van der Waals surface area contributed by atoms with Gasteiger partial charge in [-0.1, -0.05) is 24.4 Å². The summed E-state index contributed by atoms with van der Waals surface area (Å²) in [5, 5.41) is 3.07. The van der Waals surface area contributed by atoms with E-state index < -0.39 is 5.82 Å². The fraction of sp³-hybridized carbons (Fsp3) is 0.500. The van der Waals surface area contributed by atoms with Gasteiger partial charge in [0.05, 0.1) is 10.7 Å². The number of hydrogen-bond acceptors (Lipinski definition) is 1. The second kappa shape index (κ2) is 5.06. The van der Waals surface area contributed by atoms with Crippen LogP contribution in [0, 0.1) is 23.6 Å². The van der Waals surface area contributed by atoms with E-state index in [2.05, 4.69) is 21.2 Å². The smallest absolute Gasteiger partial charge is 0.228 e. The molecule has 1 aromatic carbocycles. The number of carbonyl (C=O) groups is 1. The summed E-state index contributed by atoms with van der Waals surface area (Å²) >= 11 is 9.21. The average Bonchev–Trinajstić information content (AvgIpc) is 3.07. The van der Waals surface area contributed by atoms with Crippen LogP contribution in [0.1, 0.15) is 25.7 Å². The number of carbonyl (C=O) groups excluding carboxylic acids is 1. The van der Waals surface area contributed by atoms with E-state index in [1.807, 2.05) is 0 Å². The van der Waals surface area contributed by atoms with Crippen LogP contribution >= 0.6 is 27.5 Å². The molecule has 1 N–H and O–H groups in total. The lowest BCUT2D eigenvalue weighted by molar-refractivity contribution is -0.117. The number of amides is 1. The van der Waals surface area contributed by atoms with Gasteiger partial charge in [0.1, 0.15) is 5.82 Å². The molecule has 19 heavy (non-hydrogen) atoms. The van der Waals surface area contributed by atoms with Gasteiger partial charge in [-0.3, -0.25) is 4.79 Å². The summed E-state index contributed by atoms with van der Waals surface area (Å²) < 4.78 is 13.6. The standard InChI is InChI=1S/C14H14BrClFNO/c15-10-5-7(17)6-11(16)13(10)18-14(19)12-8-3-1-2-4-9(8)12/h5-6,8-9,12H,1-4H2,(H,18,19). The Morgan fingerprint density at radius 3 is 2.53 bits per heavy atom. The molecule has 0 saturated heterocycles. The highest BCUT2D eigenvalue weighted by molar-refractivity contribution is 9.10. The first-order valence-corrected chi connectivity index (χ1v) is 7.70. The molecular weight excluding hydrogens is 333 g/mol. The molecule has 1 amide bonds. The van der Waals surface area contributed by atoms with Crippen molar-refractivity contribution < 1.29 is 9.18 Å². The van der Waals surface area contributed by atoms with Crippen LogP contribution in [0.15, 0.2) is 16.6 Å².